The first-order chi connectivity index (χ1) is 22.0. The Kier molecular flexibility index (Phi) is 12.6. The van der Waals surface area contributed by atoms with Gasteiger partial charge in [0.25, 0.3) is 0 Å². The number of allylic oxidation sites excluding steroid dienone is 1. The lowest BCUT2D eigenvalue weighted by molar-refractivity contribution is -0.143. The second-order valence-electron chi connectivity index (χ2n) is 16.9. The maximum absolute atomic E-state index is 12.7. The number of rotatable bonds is 15. The van der Waals surface area contributed by atoms with Crippen molar-refractivity contribution in [1.29, 1.82) is 0 Å². The van der Waals surface area contributed by atoms with Gasteiger partial charge in [0.05, 0.1) is 12.7 Å². The van der Waals surface area contributed by atoms with Crippen LogP contribution in [0.3, 0.4) is 0 Å². The van der Waals surface area contributed by atoms with Gasteiger partial charge in [-0.1, -0.05) is 78.4 Å². The molecule has 7 heteroatoms. The van der Waals surface area contributed by atoms with Gasteiger partial charge in [0.15, 0.2) is 6.29 Å². The Morgan fingerprint density at radius 2 is 1.83 bits per heavy atom. The Hall–Kier alpha value is -1.15. The van der Waals surface area contributed by atoms with E-state index in [0.717, 1.165) is 80.5 Å². The quantitative estimate of drug-likeness (QED) is 0.123. The molecule has 264 valence electrons. The molecule has 4 aliphatic carbocycles. The van der Waals surface area contributed by atoms with Crippen molar-refractivity contribution in [2.45, 2.75) is 162 Å². The van der Waals surface area contributed by atoms with Gasteiger partial charge in [0, 0.05) is 26.0 Å². The highest BCUT2D eigenvalue weighted by Crippen LogP contribution is 2.67. The Morgan fingerprint density at radius 1 is 1.02 bits per heavy atom. The molecule has 5 aliphatic rings. The molecule has 1 aliphatic heterocycles. The summed E-state index contributed by atoms with van der Waals surface area (Å²) in [6.07, 6.45) is 19.0. The number of fused-ring (bicyclic) bond motifs is 5. The van der Waals surface area contributed by atoms with Gasteiger partial charge >= 0.3 is 6.09 Å². The predicted octanol–water partition coefficient (Wildman–Crippen LogP) is 8.17. The van der Waals surface area contributed by atoms with Crippen molar-refractivity contribution in [3.63, 3.8) is 0 Å². The summed E-state index contributed by atoms with van der Waals surface area (Å²) in [5.74, 6) is 5.06. The van der Waals surface area contributed by atoms with Gasteiger partial charge < -0.3 is 29.7 Å². The second-order valence-corrected chi connectivity index (χ2v) is 16.9. The highest BCUT2D eigenvalue weighted by Gasteiger charge is 2.59. The third-order valence-electron chi connectivity index (χ3n) is 13.5. The molecule has 0 bridgehead atoms. The molecule has 5 rings (SSSR count). The van der Waals surface area contributed by atoms with E-state index < -0.39 is 18.5 Å². The van der Waals surface area contributed by atoms with Gasteiger partial charge in [0.2, 0.25) is 0 Å². The van der Waals surface area contributed by atoms with E-state index in [1.165, 1.54) is 51.4 Å². The standard InChI is InChI=1S/C39H67NO6/c1-26(2)11-10-12-27(3)31-15-16-32-30-14-13-28-23-29(17-19-38(28,4)33(30)18-20-39(31,32)5)45-37(43)40-21-8-6-7-9-22-44-36-24-34(42)35(25-41)46-36/h13,26-27,29-36,41-42H,6-12,14-25H2,1-5H3,(H,40,43)/t27-,29+,30?,31-,32-,33-,34?,35-,36?,38+,39-/m1/s1. The second kappa shape index (κ2) is 16.0. The number of carbonyl (C=O) groups is 1. The van der Waals surface area contributed by atoms with E-state index in [1.54, 1.807) is 5.57 Å². The van der Waals surface area contributed by atoms with Gasteiger partial charge in [-0.05, 0) is 104 Å². The van der Waals surface area contributed by atoms with Gasteiger partial charge in [0.1, 0.15) is 12.2 Å². The molecule has 3 saturated carbocycles. The molecule has 1 saturated heterocycles. The normalized spacial score (nSPS) is 39.3. The van der Waals surface area contributed by atoms with E-state index in [1.807, 2.05) is 0 Å². The van der Waals surface area contributed by atoms with Crippen LogP contribution in [0, 0.1) is 46.3 Å². The van der Waals surface area contributed by atoms with Crippen LogP contribution in [0.1, 0.15) is 137 Å². The first-order valence-electron chi connectivity index (χ1n) is 19.2. The SMILES string of the molecule is CC(C)CCC[C@@H](C)[C@H]1CC[C@@H]2C3CC=C4C[C@@H](OC(=O)NCCCCCCOC5CC(O)[C@@H](CO)O5)CC[C@]4(C)[C@@H]3CC[C@@]21C. The van der Waals surface area contributed by atoms with Crippen molar-refractivity contribution in [1.82, 2.24) is 5.32 Å². The molecule has 3 unspecified atom stereocenters. The molecule has 11 atom stereocenters. The third-order valence-corrected chi connectivity index (χ3v) is 13.5. The van der Waals surface area contributed by atoms with Crippen molar-refractivity contribution in [3.8, 4) is 0 Å². The lowest BCUT2D eigenvalue weighted by Gasteiger charge is -2.58. The minimum atomic E-state index is -0.655. The first kappa shape index (κ1) is 36.1. The van der Waals surface area contributed by atoms with Crippen molar-refractivity contribution < 1.29 is 29.2 Å². The van der Waals surface area contributed by atoms with Crippen LogP contribution in [0.15, 0.2) is 11.6 Å². The summed E-state index contributed by atoms with van der Waals surface area (Å²) in [4.78, 5) is 12.7. The van der Waals surface area contributed by atoms with Gasteiger partial charge in [-0.2, -0.15) is 0 Å². The van der Waals surface area contributed by atoms with E-state index in [-0.39, 0.29) is 24.2 Å². The summed E-state index contributed by atoms with van der Waals surface area (Å²) in [6, 6.07) is 0. The van der Waals surface area contributed by atoms with Crippen LogP contribution in [0.5, 0.6) is 0 Å². The zero-order valence-corrected chi connectivity index (χ0v) is 29.8. The van der Waals surface area contributed by atoms with Crippen LogP contribution >= 0.6 is 0 Å². The first-order valence-corrected chi connectivity index (χ1v) is 19.2. The van der Waals surface area contributed by atoms with Crippen molar-refractivity contribution >= 4 is 6.09 Å². The van der Waals surface area contributed by atoms with Crippen LogP contribution in [-0.2, 0) is 14.2 Å². The van der Waals surface area contributed by atoms with E-state index in [9.17, 15) is 9.90 Å². The zero-order chi connectivity index (χ0) is 32.9. The van der Waals surface area contributed by atoms with Crippen molar-refractivity contribution in [2.24, 2.45) is 46.3 Å². The van der Waals surface area contributed by atoms with E-state index >= 15 is 0 Å². The van der Waals surface area contributed by atoms with Crippen LogP contribution in [0.4, 0.5) is 4.79 Å². The van der Waals surface area contributed by atoms with Crippen LogP contribution in [0.25, 0.3) is 0 Å². The molecule has 46 heavy (non-hydrogen) atoms. The van der Waals surface area contributed by atoms with Gasteiger partial charge in [-0.3, -0.25) is 0 Å². The molecule has 1 heterocycles. The predicted molar refractivity (Wildman–Crippen MR) is 182 cm³/mol. The molecule has 1 amide bonds. The number of amides is 1. The van der Waals surface area contributed by atoms with Crippen LogP contribution in [-0.4, -0.2) is 60.7 Å². The number of hydrogen-bond donors (Lipinski definition) is 3. The molecular formula is C39H67NO6. The third kappa shape index (κ3) is 8.17. The number of nitrogens with one attached hydrogen (secondary N) is 1. The highest BCUT2D eigenvalue weighted by atomic mass is 16.7. The molecule has 0 radical (unpaired) electrons. The highest BCUT2D eigenvalue weighted by molar-refractivity contribution is 5.67. The number of aliphatic hydroxyl groups excluding tert-OH is 2. The fraction of sp³-hybridized carbons (Fsp3) is 0.923. The van der Waals surface area contributed by atoms with Gasteiger partial charge in [-0.25, -0.2) is 4.79 Å². The molecule has 3 N–H and O–H groups in total. The Morgan fingerprint density at radius 3 is 2.59 bits per heavy atom. The Balaban J connectivity index is 1.01. The van der Waals surface area contributed by atoms with E-state index in [0.29, 0.717) is 25.0 Å². The number of aliphatic hydroxyl groups is 2. The average molecular weight is 646 g/mol. The van der Waals surface area contributed by atoms with Gasteiger partial charge in [-0.15, -0.1) is 0 Å². The Bertz CT molecular complexity index is 1020. The summed E-state index contributed by atoms with van der Waals surface area (Å²) in [6.45, 7) is 13.5. The minimum Gasteiger partial charge on any atom is -0.446 e. The average Bonchev–Trinajstić information content (AvgIpc) is 3.56. The molecule has 0 aromatic carbocycles. The lowest BCUT2D eigenvalue weighted by atomic mass is 9.47. The van der Waals surface area contributed by atoms with Crippen LogP contribution < -0.4 is 5.32 Å². The monoisotopic (exact) mass is 645 g/mol. The fourth-order valence-electron chi connectivity index (χ4n) is 10.9. The summed E-state index contributed by atoms with van der Waals surface area (Å²) >= 11 is 0. The minimum absolute atomic E-state index is 0.00816. The Labute approximate surface area is 280 Å². The lowest BCUT2D eigenvalue weighted by Crippen LogP contribution is -2.51. The zero-order valence-electron chi connectivity index (χ0n) is 29.8. The maximum atomic E-state index is 12.7. The summed E-state index contributed by atoms with van der Waals surface area (Å²) in [7, 11) is 0. The summed E-state index contributed by atoms with van der Waals surface area (Å²) < 4.78 is 17.1. The molecule has 0 spiro atoms. The number of ether oxygens (including phenoxy) is 3. The molecular weight excluding hydrogens is 578 g/mol. The van der Waals surface area contributed by atoms with E-state index in [4.69, 9.17) is 19.3 Å². The van der Waals surface area contributed by atoms with Crippen molar-refractivity contribution in [2.75, 3.05) is 19.8 Å². The number of alkyl carbamates (subject to hydrolysis) is 1. The number of carbonyl (C=O) groups excluding carboxylic acids is 1. The smallest absolute Gasteiger partial charge is 0.407 e. The number of unbranched alkanes of at least 4 members (excludes halogenated alkanes) is 3. The molecule has 0 aromatic heterocycles. The molecule has 7 nitrogen and oxygen atoms in total. The molecule has 4 fully saturated rings. The van der Waals surface area contributed by atoms with Crippen LogP contribution in [0.2, 0.25) is 0 Å². The number of hydrogen-bond acceptors (Lipinski definition) is 6. The summed E-state index contributed by atoms with van der Waals surface area (Å²) in [5, 5.41) is 21.9. The summed E-state index contributed by atoms with van der Waals surface area (Å²) in [5.41, 5.74) is 2.37. The van der Waals surface area contributed by atoms with E-state index in [2.05, 4.69) is 46.0 Å². The topological polar surface area (TPSA) is 97.3 Å². The maximum Gasteiger partial charge on any atom is 0.407 e. The van der Waals surface area contributed by atoms with Crippen molar-refractivity contribution in [3.05, 3.63) is 11.6 Å². The fourth-order valence-corrected chi connectivity index (χ4v) is 10.9. The molecule has 0 aromatic rings. The largest absolute Gasteiger partial charge is 0.446 e.